The summed E-state index contributed by atoms with van der Waals surface area (Å²) in [6.45, 7) is 5.53. The van der Waals surface area contributed by atoms with Gasteiger partial charge in [-0.25, -0.2) is 13.4 Å². The Morgan fingerprint density at radius 3 is 2.94 bits per heavy atom. The predicted octanol–water partition coefficient (Wildman–Crippen LogP) is 0.570. The van der Waals surface area contributed by atoms with Crippen LogP contribution in [0.5, 0.6) is 0 Å². The van der Waals surface area contributed by atoms with Crippen LogP contribution in [0.15, 0.2) is 12.4 Å². The van der Waals surface area contributed by atoms with Crippen molar-refractivity contribution in [1.29, 1.82) is 0 Å². The third kappa shape index (κ3) is 2.87. The van der Waals surface area contributed by atoms with Crippen LogP contribution in [0.25, 0.3) is 0 Å². The van der Waals surface area contributed by atoms with Gasteiger partial charge >= 0.3 is 0 Å². The molecule has 2 rings (SSSR count). The van der Waals surface area contributed by atoms with Crippen LogP contribution < -0.4 is 5.32 Å². The molecule has 0 spiro atoms. The Hall–Kier alpha value is -0.880. The summed E-state index contributed by atoms with van der Waals surface area (Å²) in [5.74, 6) is 1.48. The van der Waals surface area contributed by atoms with Gasteiger partial charge in [0, 0.05) is 24.5 Å². The van der Waals surface area contributed by atoms with Crippen LogP contribution in [-0.2, 0) is 22.9 Å². The highest BCUT2D eigenvalue weighted by Crippen LogP contribution is 2.23. The second-order valence-corrected chi connectivity index (χ2v) is 7.07. The van der Waals surface area contributed by atoms with Crippen molar-refractivity contribution < 1.29 is 8.42 Å². The van der Waals surface area contributed by atoms with E-state index in [1.54, 1.807) is 6.20 Å². The first kappa shape index (κ1) is 12.6. The van der Waals surface area contributed by atoms with E-state index < -0.39 is 9.84 Å². The Balaban J connectivity index is 1.99. The first-order valence-corrected chi connectivity index (χ1v) is 7.72. The Morgan fingerprint density at radius 2 is 2.35 bits per heavy atom. The molecule has 1 aromatic heterocycles. The zero-order chi connectivity index (χ0) is 12.5. The molecule has 5 nitrogen and oxygen atoms in total. The van der Waals surface area contributed by atoms with Crippen LogP contribution in [0.3, 0.4) is 0 Å². The highest BCUT2D eigenvalue weighted by atomic mass is 32.2. The van der Waals surface area contributed by atoms with Crippen molar-refractivity contribution in [2.45, 2.75) is 38.9 Å². The molecule has 1 atom stereocenters. The summed E-state index contributed by atoms with van der Waals surface area (Å²) in [6.07, 6.45) is 4.39. The number of aryl methyl sites for hydroxylation is 1. The van der Waals surface area contributed by atoms with Gasteiger partial charge in [-0.05, 0) is 20.3 Å². The van der Waals surface area contributed by atoms with E-state index in [0.29, 0.717) is 18.7 Å². The van der Waals surface area contributed by atoms with Gasteiger partial charge in [-0.1, -0.05) is 0 Å². The van der Waals surface area contributed by atoms with Crippen molar-refractivity contribution in [2.24, 2.45) is 0 Å². The molecule has 0 amide bonds. The van der Waals surface area contributed by atoms with E-state index in [0.717, 1.165) is 12.4 Å². The Morgan fingerprint density at radius 1 is 1.59 bits per heavy atom. The van der Waals surface area contributed by atoms with Crippen molar-refractivity contribution in [3.05, 3.63) is 18.2 Å². The largest absolute Gasteiger partial charge is 0.334 e. The normalized spacial score (nSPS) is 27.4. The summed E-state index contributed by atoms with van der Waals surface area (Å²) in [5, 5.41) is 3.33. The average molecular weight is 257 g/mol. The van der Waals surface area contributed by atoms with E-state index in [4.69, 9.17) is 0 Å². The third-order valence-electron chi connectivity index (χ3n) is 3.32. The van der Waals surface area contributed by atoms with Crippen LogP contribution in [0.2, 0.25) is 0 Å². The first-order valence-electron chi connectivity index (χ1n) is 5.90. The first-order chi connectivity index (χ1) is 7.94. The monoisotopic (exact) mass is 257 g/mol. The van der Waals surface area contributed by atoms with Gasteiger partial charge in [0.05, 0.1) is 18.1 Å². The highest BCUT2D eigenvalue weighted by molar-refractivity contribution is 7.91. The maximum absolute atomic E-state index is 11.5. The fourth-order valence-corrected chi connectivity index (χ4v) is 4.36. The average Bonchev–Trinajstić information content (AvgIpc) is 2.80. The molecule has 0 aromatic carbocycles. The molecule has 1 aliphatic rings. The predicted molar refractivity (Wildman–Crippen MR) is 66.4 cm³/mol. The van der Waals surface area contributed by atoms with Gasteiger partial charge in [0.2, 0.25) is 0 Å². The molecule has 0 bridgehead atoms. The molecule has 1 N–H and O–H groups in total. The van der Waals surface area contributed by atoms with Crippen LogP contribution >= 0.6 is 0 Å². The number of imidazole rings is 1. The molecule has 1 fully saturated rings. The lowest BCUT2D eigenvalue weighted by molar-refractivity contribution is 0.386. The fourth-order valence-electron chi connectivity index (χ4n) is 2.24. The van der Waals surface area contributed by atoms with Gasteiger partial charge < -0.3 is 9.88 Å². The van der Waals surface area contributed by atoms with E-state index >= 15 is 0 Å². The molecule has 17 heavy (non-hydrogen) atoms. The maximum Gasteiger partial charge on any atom is 0.152 e. The topological polar surface area (TPSA) is 64.0 Å². The highest BCUT2D eigenvalue weighted by Gasteiger charge is 2.37. The summed E-state index contributed by atoms with van der Waals surface area (Å²) >= 11 is 0. The van der Waals surface area contributed by atoms with E-state index in [1.165, 1.54) is 0 Å². The zero-order valence-electron chi connectivity index (χ0n) is 10.3. The minimum absolute atomic E-state index is 0.229. The SMILES string of the molecule is CCn1ccnc1CNC1(C)CCS(=O)(=O)C1. The van der Waals surface area contributed by atoms with E-state index in [-0.39, 0.29) is 11.3 Å². The zero-order valence-corrected chi connectivity index (χ0v) is 11.1. The van der Waals surface area contributed by atoms with Crippen LogP contribution in [-0.4, -0.2) is 35.0 Å². The maximum atomic E-state index is 11.5. The number of aromatic nitrogens is 2. The minimum atomic E-state index is -2.85. The molecule has 1 saturated heterocycles. The molecule has 96 valence electrons. The Bertz CT molecular complexity index is 495. The van der Waals surface area contributed by atoms with Gasteiger partial charge in [0.15, 0.2) is 9.84 Å². The second-order valence-electron chi connectivity index (χ2n) is 4.89. The standard InChI is InChI=1S/C11H19N3O2S/c1-3-14-6-5-12-10(14)8-13-11(2)4-7-17(15,16)9-11/h5-6,13H,3-4,7-9H2,1-2H3. The van der Waals surface area contributed by atoms with Gasteiger partial charge in [0.25, 0.3) is 0 Å². The van der Waals surface area contributed by atoms with Crippen molar-refractivity contribution in [3.63, 3.8) is 0 Å². The lowest BCUT2D eigenvalue weighted by Crippen LogP contribution is -2.43. The second kappa shape index (κ2) is 4.42. The molecule has 0 aliphatic carbocycles. The number of hydrogen-bond acceptors (Lipinski definition) is 4. The number of hydrogen-bond donors (Lipinski definition) is 1. The van der Waals surface area contributed by atoms with Crippen molar-refractivity contribution in [2.75, 3.05) is 11.5 Å². The van der Waals surface area contributed by atoms with Crippen LogP contribution in [0.4, 0.5) is 0 Å². The summed E-state index contributed by atoms with van der Waals surface area (Å²) in [4.78, 5) is 4.27. The molecule has 6 heteroatoms. The lowest BCUT2D eigenvalue weighted by Gasteiger charge is -2.23. The molecule has 0 saturated carbocycles. The molecule has 1 aromatic rings. The summed E-state index contributed by atoms with van der Waals surface area (Å²) < 4.78 is 25.0. The van der Waals surface area contributed by atoms with Gasteiger partial charge in [-0.2, -0.15) is 0 Å². The third-order valence-corrected chi connectivity index (χ3v) is 5.22. The Kier molecular flexibility index (Phi) is 3.27. The number of rotatable bonds is 4. The number of nitrogens with zero attached hydrogens (tertiary/aromatic N) is 2. The molecule has 1 aliphatic heterocycles. The van der Waals surface area contributed by atoms with Crippen LogP contribution in [0, 0.1) is 0 Å². The number of sulfone groups is 1. The molecule has 2 heterocycles. The van der Waals surface area contributed by atoms with Crippen molar-refractivity contribution in [1.82, 2.24) is 14.9 Å². The summed E-state index contributed by atoms with van der Waals surface area (Å²) in [6, 6.07) is 0. The summed E-state index contributed by atoms with van der Waals surface area (Å²) in [7, 11) is -2.85. The fraction of sp³-hybridized carbons (Fsp3) is 0.727. The van der Waals surface area contributed by atoms with Gasteiger partial charge in [-0.15, -0.1) is 0 Å². The van der Waals surface area contributed by atoms with E-state index in [1.807, 2.05) is 13.1 Å². The summed E-state index contributed by atoms with van der Waals surface area (Å²) in [5.41, 5.74) is -0.302. The van der Waals surface area contributed by atoms with Gasteiger partial charge in [-0.3, -0.25) is 0 Å². The molecule has 1 unspecified atom stereocenters. The quantitative estimate of drug-likeness (QED) is 0.856. The Labute approximate surface area is 102 Å². The van der Waals surface area contributed by atoms with Crippen molar-refractivity contribution >= 4 is 9.84 Å². The van der Waals surface area contributed by atoms with Crippen molar-refractivity contribution in [3.8, 4) is 0 Å². The molecule has 0 radical (unpaired) electrons. The van der Waals surface area contributed by atoms with E-state index in [2.05, 4.69) is 21.8 Å². The smallest absolute Gasteiger partial charge is 0.152 e. The van der Waals surface area contributed by atoms with Gasteiger partial charge in [0.1, 0.15) is 5.82 Å². The van der Waals surface area contributed by atoms with E-state index in [9.17, 15) is 8.42 Å². The lowest BCUT2D eigenvalue weighted by atomic mass is 10.0. The van der Waals surface area contributed by atoms with Crippen LogP contribution in [0.1, 0.15) is 26.1 Å². The minimum Gasteiger partial charge on any atom is -0.334 e. The molecular weight excluding hydrogens is 238 g/mol. The molecular formula is C11H19N3O2S. The number of nitrogens with one attached hydrogen (secondary N) is 1.